The molecule has 3 nitrogen and oxygen atoms in total. The maximum Gasteiger partial charge on any atom is 0.162 e. The van der Waals surface area contributed by atoms with Crippen LogP contribution in [0.4, 0.5) is 0 Å². The number of rotatable bonds is 4. The van der Waals surface area contributed by atoms with E-state index in [1.165, 1.54) is 30.9 Å². The zero-order valence-electron chi connectivity index (χ0n) is 24.2. The average molecular weight is 592 g/mol. The molecule has 0 bridgehead atoms. The number of benzene rings is 6. The second-order valence-electron chi connectivity index (χ2n) is 11.2. The number of para-hydroxylation sites is 1. The van der Waals surface area contributed by atoms with E-state index >= 15 is 0 Å². The first-order valence-electron chi connectivity index (χ1n) is 15.0. The van der Waals surface area contributed by atoms with Crippen molar-refractivity contribution in [3.63, 3.8) is 0 Å². The van der Waals surface area contributed by atoms with Crippen molar-refractivity contribution in [1.82, 2.24) is 15.0 Å². The van der Waals surface area contributed by atoms with Gasteiger partial charge in [-0.2, -0.15) is 0 Å². The Hall–Kier alpha value is -5.71. The molecule has 0 aliphatic heterocycles. The number of thiophene rings is 1. The van der Waals surface area contributed by atoms with Crippen LogP contribution in [0.5, 0.6) is 0 Å². The topological polar surface area (TPSA) is 38.7 Å². The van der Waals surface area contributed by atoms with E-state index in [2.05, 4.69) is 115 Å². The third-order valence-corrected chi connectivity index (χ3v) is 9.69. The van der Waals surface area contributed by atoms with Gasteiger partial charge in [0, 0.05) is 47.8 Å². The maximum atomic E-state index is 5.55. The van der Waals surface area contributed by atoms with E-state index in [4.69, 9.17) is 15.0 Å². The Kier molecular flexibility index (Phi) is 6.00. The lowest BCUT2D eigenvalue weighted by molar-refractivity contribution is 1.18. The van der Waals surface area contributed by atoms with Gasteiger partial charge < -0.3 is 0 Å². The van der Waals surface area contributed by atoms with Gasteiger partial charge in [-0.15, -0.1) is 11.3 Å². The minimum absolute atomic E-state index is 0.664. The van der Waals surface area contributed by atoms with Crippen LogP contribution in [-0.2, 0) is 0 Å². The highest BCUT2D eigenvalue weighted by Gasteiger charge is 2.21. The van der Waals surface area contributed by atoms with Crippen molar-refractivity contribution in [2.24, 2.45) is 0 Å². The fourth-order valence-corrected chi connectivity index (χ4v) is 7.60. The van der Waals surface area contributed by atoms with Crippen molar-refractivity contribution < 1.29 is 0 Å². The number of pyridine rings is 1. The molecule has 0 aliphatic carbocycles. The van der Waals surface area contributed by atoms with Crippen molar-refractivity contribution in [1.29, 1.82) is 0 Å². The van der Waals surface area contributed by atoms with Crippen molar-refractivity contribution >= 4 is 53.2 Å². The van der Waals surface area contributed by atoms with E-state index < -0.39 is 0 Å². The lowest BCUT2D eigenvalue weighted by Crippen LogP contribution is -1.98. The maximum absolute atomic E-state index is 5.55. The van der Waals surface area contributed by atoms with E-state index in [1.54, 1.807) is 0 Å². The van der Waals surface area contributed by atoms with Gasteiger partial charge in [0.05, 0.1) is 22.6 Å². The normalized spacial score (nSPS) is 11.6. The third-order valence-electron chi connectivity index (χ3n) is 8.49. The van der Waals surface area contributed by atoms with Gasteiger partial charge >= 0.3 is 0 Å². The van der Waals surface area contributed by atoms with Crippen LogP contribution in [0.3, 0.4) is 0 Å². The molecule has 0 aliphatic rings. The highest BCUT2D eigenvalue weighted by molar-refractivity contribution is 7.26. The first kappa shape index (κ1) is 25.8. The predicted molar refractivity (Wildman–Crippen MR) is 189 cm³/mol. The molecule has 6 aromatic carbocycles. The summed E-state index contributed by atoms with van der Waals surface area (Å²) in [5, 5.41) is 5.93. The Balaban J connectivity index is 1.39. The number of aromatic nitrogens is 3. The lowest BCUT2D eigenvalue weighted by Gasteiger charge is -2.14. The molecule has 3 aromatic heterocycles. The number of hydrogen-bond donors (Lipinski definition) is 0. The first-order chi connectivity index (χ1) is 22.3. The summed E-state index contributed by atoms with van der Waals surface area (Å²) in [6.07, 6.45) is 0. The fraction of sp³-hybridized carbons (Fsp3) is 0. The number of fused-ring (bicyclic) bond motifs is 6. The van der Waals surface area contributed by atoms with Crippen molar-refractivity contribution in [2.75, 3.05) is 0 Å². The SMILES string of the molecule is c1ccc(-c2cc(-c3ccccc3)nc(-c3cccc4c3nc(-c3cccc5ccccc35)c3c5ccccc5sc43)n2)cc1. The van der Waals surface area contributed by atoms with Crippen LogP contribution in [0.25, 0.3) is 87.0 Å². The molecule has 0 fully saturated rings. The summed E-state index contributed by atoms with van der Waals surface area (Å²) in [6, 6.07) is 52.9. The van der Waals surface area contributed by atoms with Crippen LogP contribution in [0.2, 0.25) is 0 Å². The first-order valence-corrected chi connectivity index (χ1v) is 15.9. The van der Waals surface area contributed by atoms with E-state index in [-0.39, 0.29) is 0 Å². The molecule has 210 valence electrons. The molecule has 45 heavy (non-hydrogen) atoms. The highest BCUT2D eigenvalue weighted by atomic mass is 32.1. The summed E-state index contributed by atoms with van der Waals surface area (Å²) in [5.74, 6) is 0.664. The van der Waals surface area contributed by atoms with Crippen molar-refractivity contribution in [3.8, 4) is 45.2 Å². The molecule has 3 heterocycles. The monoisotopic (exact) mass is 591 g/mol. The molecule has 0 spiro atoms. The van der Waals surface area contributed by atoms with Crippen LogP contribution < -0.4 is 0 Å². The molecular formula is C41H25N3S. The zero-order chi connectivity index (χ0) is 29.7. The van der Waals surface area contributed by atoms with Crippen LogP contribution in [-0.4, -0.2) is 15.0 Å². The lowest BCUT2D eigenvalue weighted by atomic mass is 9.97. The van der Waals surface area contributed by atoms with Crippen molar-refractivity contribution in [2.45, 2.75) is 0 Å². The molecule has 0 radical (unpaired) electrons. The third kappa shape index (κ3) is 4.30. The van der Waals surface area contributed by atoms with E-state index in [1.807, 2.05) is 47.7 Å². The summed E-state index contributed by atoms with van der Waals surface area (Å²) in [6.45, 7) is 0. The van der Waals surface area contributed by atoms with E-state index in [9.17, 15) is 0 Å². The Labute approximate surface area is 264 Å². The summed E-state index contributed by atoms with van der Waals surface area (Å²) in [4.78, 5) is 15.9. The van der Waals surface area contributed by atoms with Crippen LogP contribution in [0.1, 0.15) is 0 Å². The second kappa shape index (κ2) is 10.5. The Morgan fingerprint density at radius 2 is 1.02 bits per heavy atom. The molecule has 0 unspecified atom stereocenters. The number of nitrogens with zero attached hydrogens (tertiary/aromatic N) is 3. The van der Waals surface area contributed by atoms with Gasteiger partial charge in [-0.1, -0.05) is 133 Å². The molecule has 9 aromatic rings. The number of hydrogen-bond acceptors (Lipinski definition) is 4. The molecule has 0 N–H and O–H groups in total. The second-order valence-corrected chi connectivity index (χ2v) is 12.2. The summed E-state index contributed by atoms with van der Waals surface area (Å²) < 4.78 is 2.48. The Morgan fingerprint density at radius 1 is 0.444 bits per heavy atom. The molecule has 9 rings (SSSR count). The van der Waals surface area contributed by atoms with Crippen LogP contribution in [0, 0.1) is 0 Å². The predicted octanol–water partition coefficient (Wildman–Crippen LogP) is 11.2. The zero-order valence-corrected chi connectivity index (χ0v) is 25.0. The van der Waals surface area contributed by atoms with Gasteiger partial charge in [-0.25, -0.2) is 15.0 Å². The van der Waals surface area contributed by atoms with Gasteiger partial charge in [0.25, 0.3) is 0 Å². The smallest absolute Gasteiger partial charge is 0.162 e. The van der Waals surface area contributed by atoms with E-state index in [0.29, 0.717) is 5.82 Å². The van der Waals surface area contributed by atoms with Gasteiger partial charge in [0.15, 0.2) is 5.82 Å². The minimum Gasteiger partial charge on any atom is -0.246 e. The van der Waals surface area contributed by atoms with Gasteiger partial charge in [-0.05, 0) is 29.0 Å². The van der Waals surface area contributed by atoms with Gasteiger partial charge in [0.1, 0.15) is 0 Å². The molecule has 0 atom stereocenters. The Bertz CT molecular complexity index is 2470. The standard InChI is InChI=1S/C41H25N3S/c1-3-14-27(15-4-1)34-25-35(28-16-5-2-6-17-28)43-41(42-34)33-23-12-22-32-38(33)44-39(30-21-11-18-26-13-7-8-19-29(26)30)37-31-20-9-10-24-36(31)45-40(32)37/h1-25H. The van der Waals surface area contributed by atoms with Crippen LogP contribution >= 0.6 is 11.3 Å². The Morgan fingerprint density at radius 3 is 1.78 bits per heavy atom. The van der Waals surface area contributed by atoms with Crippen LogP contribution in [0.15, 0.2) is 152 Å². The van der Waals surface area contributed by atoms with Gasteiger partial charge in [-0.3, -0.25) is 0 Å². The summed E-state index contributed by atoms with van der Waals surface area (Å²) in [5.41, 5.74) is 7.81. The van der Waals surface area contributed by atoms with E-state index in [0.717, 1.165) is 50.2 Å². The summed E-state index contributed by atoms with van der Waals surface area (Å²) in [7, 11) is 0. The molecule has 0 saturated carbocycles. The highest BCUT2D eigenvalue weighted by Crippen LogP contribution is 2.45. The molecule has 4 heteroatoms. The molecular weight excluding hydrogens is 567 g/mol. The summed E-state index contributed by atoms with van der Waals surface area (Å²) >= 11 is 1.83. The fourth-order valence-electron chi connectivity index (χ4n) is 6.37. The largest absolute Gasteiger partial charge is 0.246 e. The molecule has 0 amide bonds. The quantitative estimate of drug-likeness (QED) is 0.204. The average Bonchev–Trinajstić information content (AvgIpc) is 3.52. The van der Waals surface area contributed by atoms with Crippen molar-refractivity contribution in [3.05, 3.63) is 152 Å². The molecule has 0 saturated heterocycles. The minimum atomic E-state index is 0.664. The van der Waals surface area contributed by atoms with Gasteiger partial charge in [0.2, 0.25) is 0 Å².